The second-order valence-electron chi connectivity index (χ2n) is 13.3. The lowest BCUT2D eigenvalue weighted by Crippen LogP contribution is -2.10. The van der Waals surface area contributed by atoms with Crippen molar-refractivity contribution in [2.45, 2.75) is 0 Å². The molecular formula is C50H33N. The molecule has 0 amide bonds. The van der Waals surface area contributed by atoms with Crippen molar-refractivity contribution in [3.05, 3.63) is 200 Å². The zero-order valence-corrected chi connectivity index (χ0v) is 28.0. The summed E-state index contributed by atoms with van der Waals surface area (Å²) in [5.74, 6) is 0. The number of hydrogen-bond acceptors (Lipinski definition) is 1. The molecule has 0 N–H and O–H groups in total. The summed E-state index contributed by atoms with van der Waals surface area (Å²) in [4.78, 5) is 2.39. The Morgan fingerprint density at radius 1 is 0.235 bits per heavy atom. The van der Waals surface area contributed by atoms with Gasteiger partial charge in [-0.25, -0.2) is 0 Å². The number of nitrogens with zero attached hydrogens (tertiary/aromatic N) is 1. The van der Waals surface area contributed by atoms with E-state index >= 15 is 0 Å². The Morgan fingerprint density at radius 3 is 1.37 bits per heavy atom. The molecule has 0 aliphatic rings. The molecule has 0 spiro atoms. The van der Waals surface area contributed by atoms with Crippen LogP contribution >= 0.6 is 0 Å². The van der Waals surface area contributed by atoms with Crippen LogP contribution in [0, 0.1) is 0 Å². The molecule has 0 aromatic heterocycles. The number of fused-ring (bicyclic) bond motifs is 8. The Kier molecular flexibility index (Phi) is 6.89. The van der Waals surface area contributed by atoms with Crippen molar-refractivity contribution in [2.75, 3.05) is 4.90 Å². The van der Waals surface area contributed by atoms with Crippen LogP contribution in [-0.4, -0.2) is 0 Å². The SMILES string of the molecule is c1ccc2cc(-c3ccc(N(c4ccc(-c5cccc6ccccc56)cc4)c4ccc5c6ccccc6c6ccccc6c5c4)cc3)ccc2c1. The lowest BCUT2D eigenvalue weighted by molar-refractivity contribution is 1.29. The Labute approximate surface area is 297 Å². The number of hydrogen-bond donors (Lipinski definition) is 0. The van der Waals surface area contributed by atoms with Crippen LogP contribution in [0.2, 0.25) is 0 Å². The van der Waals surface area contributed by atoms with Gasteiger partial charge < -0.3 is 4.90 Å². The highest BCUT2D eigenvalue weighted by Crippen LogP contribution is 2.42. The Hall–Kier alpha value is -6.70. The van der Waals surface area contributed by atoms with Crippen LogP contribution in [0.5, 0.6) is 0 Å². The molecule has 10 rings (SSSR count). The summed E-state index contributed by atoms with van der Waals surface area (Å²) in [5, 5.41) is 12.7. The lowest BCUT2D eigenvalue weighted by atomic mass is 9.94. The van der Waals surface area contributed by atoms with Gasteiger partial charge in [0.25, 0.3) is 0 Å². The zero-order valence-electron chi connectivity index (χ0n) is 28.0. The van der Waals surface area contributed by atoms with Gasteiger partial charge in [-0.3, -0.25) is 0 Å². The third kappa shape index (κ3) is 5.02. The van der Waals surface area contributed by atoms with Gasteiger partial charge in [0, 0.05) is 17.1 Å². The average Bonchev–Trinajstić information content (AvgIpc) is 3.21. The fourth-order valence-electron chi connectivity index (χ4n) is 7.92. The maximum atomic E-state index is 2.39. The van der Waals surface area contributed by atoms with Gasteiger partial charge in [0.05, 0.1) is 0 Å². The summed E-state index contributed by atoms with van der Waals surface area (Å²) in [7, 11) is 0. The van der Waals surface area contributed by atoms with E-state index in [0.717, 1.165) is 17.1 Å². The van der Waals surface area contributed by atoms with Gasteiger partial charge in [0.2, 0.25) is 0 Å². The van der Waals surface area contributed by atoms with Crippen LogP contribution < -0.4 is 4.90 Å². The standard InChI is InChI=1S/C50H33N/c1-2-12-38-32-39(21-20-34(38)10-1)35-22-26-40(27-23-35)51(41-28-24-37(25-29-41)44-19-9-13-36-11-3-4-14-43(36)44)42-30-31-49-47-17-6-5-15-45(47)46-16-7-8-18-48(46)50(49)33-42/h1-33H. The molecule has 0 fully saturated rings. The molecule has 0 unspecified atom stereocenters. The number of rotatable bonds is 5. The molecule has 51 heavy (non-hydrogen) atoms. The summed E-state index contributed by atoms with van der Waals surface area (Å²) >= 11 is 0. The fourth-order valence-corrected chi connectivity index (χ4v) is 7.92. The molecule has 238 valence electrons. The smallest absolute Gasteiger partial charge is 0.0468 e. The first-order chi connectivity index (χ1) is 25.3. The van der Waals surface area contributed by atoms with Gasteiger partial charge in [-0.2, -0.15) is 0 Å². The molecule has 0 aliphatic heterocycles. The van der Waals surface area contributed by atoms with Gasteiger partial charge in [-0.1, -0.05) is 158 Å². The van der Waals surface area contributed by atoms with Gasteiger partial charge in [0.1, 0.15) is 0 Å². The molecule has 10 aromatic carbocycles. The fraction of sp³-hybridized carbons (Fsp3) is 0. The van der Waals surface area contributed by atoms with Crippen LogP contribution in [-0.2, 0) is 0 Å². The number of benzene rings is 10. The molecule has 0 radical (unpaired) electrons. The van der Waals surface area contributed by atoms with Crippen molar-refractivity contribution in [1.82, 2.24) is 0 Å². The van der Waals surface area contributed by atoms with Crippen LogP contribution in [0.15, 0.2) is 200 Å². The molecule has 0 aliphatic carbocycles. The molecule has 1 heteroatoms. The second kappa shape index (κ2) is 12.0. The van der Waals surface area contributed by atoms with E-state index in [9.17, 15) is 0 Å². The van der Waals surface area contributed by atoms with E-state index in [1.54, 1.807) is 0 Å². The zero-order chi connectivity index (χ0) is 33.7. The Balaban J connectivity index is 1.13. The minimum absolute atomic E-state index is 1.11. The molecule has 0 saturated heterocycles. The summed E-state index contributed by atoms with van der Waals surface area (Å²) in [6, 6.07) is 73.0. The maximum Gasteiger partial charge on any atom is 0.0468 e. The van der Waals surface area contributed by atoms with Gasteiger partial charge >= 0.3 is 0 Å². The highest BCUT2D eigenvalue weighted by atomic mass is 15.1. The van der Waals surface area contributed by atoms with Gasteiger partial charge in [-0.15, -0.1) is 0 Å². The quantitative estimate of drug-likeness (QED) is 0.168. The second-order valence-corrected chi connectivity index (χ2v) is 13.3. The Morgan fingerprint density at radius 2 is 0.706 bits per heavy atom. The van der Waals surface area contributed by atoms with E-state index < -0.39 is 0 Å². The normalized spacial score (nSPS) is 11.5. The number of anilines is 3. The van der Waals surface area contributed by atoms with Crippen LogP contribution in [0.3, 0.4) is 0 Å². The third-order valence-electron chi connectivity index (χ3n) is 10.4. The molecule has 0 bridgehead atoms. The summed E-state index contributed by atoms with van der Waals surface area (Å²) in [6.45, 7) is 0. The van der Waals surface area contributed by atoms with Crippen molar-refractivity contribution in [3.8, 4) is 22.3 Å². The van der Waals surface area contributed by atoms with Gasteiger partial charge in [0.15, 0.2) is 0 Å². The average molecular weight is 648 g/mol. The predicted molar refractivity (Wildman–Crippen MR) is 220 cm³/mol. The molecule has 10 aromatic rings. The van der Waals surface area contributed by atoms with Crippen LogP contribution in [0.25, 0.3) is 76.1 Å². The molecule has 0 atom stereocenters. The van der Waals surface area contributed by atoms with Crippen molar-refractivity contribution >= 4 is 70.9 Å². The first-order valence-corrected chi connectivity index (χ1v) is 17.6. The van der Waals surface area contributed by atoms with E-state index in [1.165, 1.54) is 76.1 Å². The minimum Gasteiger partial charge on any atom is -0.310 e. The summed E-state index contributed by atoms with van der Waals surface area (Å²) < 4.78 is 0. The first-order valence-electron chi connectivity index (χ1n) is 17.6. The lowest BCUT2D eigenvalue weighted by Gasteiger charge is -2.27. The topological polar surface area (TPSA) is 3.24 Å². The highest BCUT2D eigenvalue weighted by molar-refractivity contribution is 6.25. The maximum absolute atomic E-state index is 2.39. The largest absolute Gasteiger partial charge is 0.310 e. The predicted octanol–water partition coefficient (Wildman–Crippen LogP) is 14.3. The highest BCUT2D eigenvalue weighted by Gasteiger charge is 2.16. The van der Waals surface area contributed by atoms with Crippen LogP contribution in [0.1, 0.15) is 0 Å². The molecule has 0 saturated carbocycles. The Bertz CT molecular complexity index is 2860. The van der Waals surface area contributed by atoms with E-state index in [1.807, 2.05) is 0 Å². The molecular weight excluding hydrogens is 615 g/mol. The molecule has 0 heterocycles. The monoisotopic (exact) mass is 647 g/mol. The summed E-state index contributed by atoms with van der Waals surface area (Å²) in [5.41, 5.74) is 8.22. The van der Waals surface area contributed by atoms with Crippen molar-refractivity contribution in [2.24, 2.45) is 0 Å². The van der Waals surface area contributed by atoms with E-state index in [0.29, 0.717) is 0 Å². The van der Waals surface area contributed by atoms with Crippen molar-refractivity contribution in [1.29, 1.82) is 0 Å². The van der Waals surface area contributed by atoms with Crippen molar-refractivity contribution < 1.29 is 0 Å². The van der Waals surface area contributed by atoms with Gasteiger partial charge in [-0.05, 0) is 119 Å². The van der Waals surface area contributed by atoms with Crippen LogP contribution in [0.4, 0.5) is 17.1 Å². The third-order valence-corrected chi connectivity index (χ3v) is 10.4. The summed E-state index contributed by atoms with van der Waals surface area (Å²) in [6.07, 6.45) is 0. The van der Waals surface area contributed by atoms with E-state index in [2.05, 4.69) is 205 Å². The minimum atomic E-state index is 1.11. The van der Waals surface area contributed by atoms with Crippen molar-refractivity contribution in [3.63, 3.8) is 0 Å². The first kappa shape index (κ1) is 29.2. The van der Waals surface area contributed by atoms with E-state index in [-0.39, 0.29) is 0 Å². The molecule has 1 nitrogen and oxygen atoms in total. The van der Waals surface area contributed by atoms with E-state index in [4.69, 9.17) is 0 Å².